The largest absolute Gasteiger partial charge is 0.423 e. The highest BCUT2D eigenvalue weighted by Gasteiger charge is 2.17. The second-order valence-corrected chi connectivity index (χ2v) is 11.0. The van der Waals surface area contributed by atoms with Crippen LogP contribution in [0.15, 0.2) is 116 Å². The van der Waals surface area contributed by atoms with Crippen molar-refractivity contribution in [1.82, 2.24) is 4.57 Å². The van der Waals surface area contributed by atoms with E-state index in [9.17, 15) is 13.2 Å². The third kappa shape index (κ3) is 5.02. The topological polar surface area (TPSA) is 77.7 Å². The van der Waals surface area contributed by atoms with Crippen LogP contribution in [0.3, 0.4) is 0 Å². The molecule has 0 amide bonds. The van der Waals surface area contributed by atoms with E-state index in [4.69, 9.17) is 4.74 Å². The van der Waals surface area contributed by atoms with Crippen LogP contribution in [0, 0.1) is 0 Å². The van der Waals surface area contributed by atoms with Crippen LogP contribution in [-0.4, -0.2) is 19.0 Å². The first kappa shape index (κ1) is 23.0. The minimum atomic E-state index is -3.84. The molecule has 174 valence electrons. The van der Waals surface area contributed by atoms with Gasteiger partial charge in [-0.05, 0) is 65.5 Å². The van der Waals surface area contributed by atoms with Gasteiger partial charge in [-0.3, -0.25) is 4.57 Å². The van der Waals surface area contributed by atoms with Gasteiger partial charge in [-0.1, -0.05) is 42.5 Å². The quantitative estimate of drug-likeness (QED) is 0.211. The summed E-state index contributed by atoms with van der Waals surface area (Å²) in [4.78, 5) is 12.7. The zero-order chi connectivity index (χ0) is 24.3. The van der Waals surface area contributed by atoms with Crippen LogP contribution >= 0.6 is 22.7 Å². The SMILES string of the molecule is O=C(Oc1ccc(-c2cs/c(=N/S(=O)(=O)c3cccs3)n2-c2ccccc2)cc1)c1ccccc1. The van der Waals surface area contributed by atoms with E-state index in [-0.39, 0.29) is 4.21 Å². The molecule has 0 bridgehead atoms. The van der Waals surface area contributed by atoms with Gasteiger partial charge < -0.3 is 4.74 Å². The maximum absolute atomic E-state index is 12.8. The lowest BCUT2D eigenvalue weighted by molar-refractivity contribution is 0.0734. The van der Waals surface area contributed by atoms with Crippen molar-refractivity contribution in [2.24, 2.45) is 4.40 Å². The third-order valence-corrected chi connectivity index (χ3v) is 8.62. The van der Waals surface area contributed by atoms with E-state index in [0.717, 1.165) is 28.3 Å². The fourth-order valence-corrected chi connectivity index (χ4v) is 6.47. The minimum Gasteiger partial charge on any atom is -0.423 e. The molecule has 9 heteroatoms. The molecule has 0 unspecified atom stereocenters. The Labute approximate surface area is 210 Å². The lowest BCUT2D eigenvalue weighted by Crippen LogP contribution is -2.16. The first-order valence-corrected chi connectivity index (χ1v) is 13.7. The highest BCUT2D eigenvalue weighted by Crippen LogP contribution is 2.27. The number of benzene rings is 3. The third-order valence-electron chi connectivity index (χ3n) is 5.04. The lowest BCUT2D eigenvalue weighted by atomic mass is 10.1. The van der Waals surface area contributed by atoms with Crippen molar-refractivity contribution in [2.45, 2.75) is 4.21 Å². The number of esters is 1. The number of hydrogen-bond donors (Lipinski definition) is 0. The summed E-state index contributed by atoms with van der Waals surface area (Å²) in [6.45, 7) is 0. The summed E-state index contributed by atoms with van der Waals surface area (Å²) in [6, 6.07) is 28.5. The monoisotopic (exact) mass is 518 g/mol. The fraction of sp³-hybridized carbons (Fsp3) is 0. The second-order valence-electron chi connectivity index (χ2n) is 7.35. The molecule has 2 heterocycles. The maximum Gasteiger partial charge on any atom is 0.343 e. The average Bonchev–Trinajstić information content (AvgIpc) is 3.57. The molecule has 5 rings (SSSR count). The minimum absolute atomic E-state index is 0.191. The van der Waals surface area contributed by atoms with Crippen LogP contribution in [0.25, 0.3) is 16.9 Å². The fourth-order valence-electron chi connectivity index (χ4n) is 3.40. The smallest absolute Gasteiger partial charge is 0.343 e. The number of rotatable bonds is 6. The molecule has 0 saturated carbocycles. The number of thiazole rings is 1. The van der Waals surface area contributed by atoms with Gasteiger partial charge in [0.15, 0.2) is 0 Å². The molecule has 3 aromatic carbocycles. The van der Waals surface area contributed by atoms with Gasteiger partial charge >= 0.3 is 5.97 Å². The van der Waals surface area contributed by atoms with Crippen molar-refractivity contribution >= 4 is 38.7 Å². The molecule has 0 atom stereocenters. The Kier molecular flexibility index (Phi) is 6.45. The summed E-state index contributed by atoms with van der Waals surface area (Å²) in [6.07, 6.45) is 0. The molecule has 5 aromatic rings. The standard InChI is InChI=1S/C26H18N2O4S3/c29-25(20-8-3-1-4-9-20)32-22-15-13-19(14-16-22)23-18-34-26(28(23)21-10-5-2-6-11-21)27-35(30,31)24-12-7-17-33-24/h1-18H/b27-26+. The first-order valence-electron chi connectivity index (χ1n) is 10.5. The Morgan fingerprint density at radius 2 is 1.49 bits per heavy atom. The summed E-state index contributed by atoms with van der Waals surface area (Å²) in [7, 11) is -3.84. The summed E-state index contributed by atoms with van der Waals surface area (Å²) < 4.78 is 37.3. The Morgan fingerprint density at radius 1 is 0.800 bits per heavy atom. The van der Waals surface area contributed by atoms with E-state index in [1.807, 2.05) is 53.9 Å². The van der Waals surface area contributed by atoms with Gasteiger partial charge in [-0.15, -0.1) is 27.1 Å². The molecule has 0 N–H and O–H groups in total. The Morgan fingerprint density at radius 3 is 2.14 bits per heavy atom. The highest BCUT2D eigenvalue weighted by molar-refractivity contribution is 7.92. The normalized spacial score (nSPS) is 11.9. The molecule has 0 fully saturated rings. The number of para-hydroxylation sites is 1. The van der Waals surface area contributed by atoms with Crippen molar-refractivity contribution in [2.75, 3.05) is 0 Å². The van der Waals surface area contributed by atoms with Gasteiger partial charge in [0.1, 0.15) is 9.96 Å². The van der Waals surface area contributed by atoms with E-state index < -0.39 is 16.0 Å². The van der Waals surface area contributed by atoms with E-state index in [0.29, 0.717) is 16.1 Å². The number of ether oxygens (including phenoxy) is 1. The number of carbonyl (C=O) groups is 1. The second kappa shape index (κ2) is 9.83. The maximum atomic E-state index is 12.8. The lowest BCUT2D eigenvalue weighted by Gasteiger charge is -2.10. The van der Waals surface area contributed by atoms with Crippen molar-refractivity contribution in [3.05, 3.63) is 118 Å². The number of hydrogen-bond acceptors (Lipinski definition) is 6. The number of carbonyl (C=O) groups excluding carboxylic acids is 1. The van der Waals surface area contributed by atoms with Crippen LogP contribution in [-0.2, 0) is 10.0 Å². The zero-order valence-corrected chi connectivity index (χ0v) is 20.6. The molecule has 0 aliphatic carbocycles. The molecule has 0 saturated heterocycles. The summed E-state index contributed by atoms with van der Waals surface area (Å²) in [5, 5.41) is 3.57. The number of thiophene rings is 1. The molecule has 0 spiro atoms. The Hall–Kier alpha value is -3.79. The summed E-state index contributed by atoms with van der Waals surface area (Å²) in [5.74, 6) is -0.0256. The van der Waals surface area contributed by atoms with E-state index >= 15 is 0 Å². The number of aromatic nitrogens is 1. The van der Waals surface area contributed by atoms with Crippen LogP contribution in [0.2, 0.25) is 0 Å². The zero-order valence-electron chi connectivity index (χ0n) is 18.1. The molecule has 2 aromatic heterocycles. The molecule has 6 nitrogen and oxygen atoms in total. The van der Waals surface area contributed by atoms with Crippen LogP contribution in [0.5, 0.6) is 5.75 Å². The average molecular weight is 519 g/mol. The summed E-state index contributed by atoms with van der Waals surface area (Å²) in [5.41, 5.74) is 2.83. The van der Waals surface area contributed by atoms with Gasteiger partial charge in [0.2, 0.25) is 4.80 Å². The van der Waals surface area contributed by atoms with Crippen molar-refractivity contribution < 1.29 is 17.9 Å². The first-order chi connectivity index (χ1) is 17.0. The molecule has 0 radical (unpaired) electrons. The van der Waals surface area contributed by atoms with Gasteiger partial charge in [-0.2, -0.15) is 8.42 Å². The van der Waals surface area contributed by atoms with Crippen molar-refractivity contribution in [3.8, 4) is 22.7 Å². The predicted octanol–water partition coefficient (Wildman–Crippen LogP) is 5.78. The number of nitrogens with zero attached hydrogens (tertiary/aromatic N) is 2. The molecule has 0 aliphatic rings. The molecular formula is C26H18N2O4S3. The molecule has 35 heavy (non-hydrogen) atoms. The number of sulfonamides is 1. The van der Waals surface area contributed by atoms with Crippen LogP contribution in [0.4, 0.5) is 0 Å². The van der Waals surface area contributed by atoms with Gasteiger partial charge in [0.05, 0.1) is 11.3 Å². The Balaban J connectivity index is 1.53. The van der Waals surface area contributed by atoms with E-state index in [2.05, 4.69) is 4.40 Å². The van der Waals surface area contributed by atoms with Gasteiger partial charge in [0.25, 0.3) is 10.0 Å². The van der Waals surface area contributed by atoms with E-state index in [1.54, 1.807) is 58.5 Å². The van der Waals surface area contributed by atoms with Crippen LogP contribution < -0.4 is 9.54 Å². The van der Waals surface area contributed by atoms with Crippen LogP contribution in [0.1, 0.15) is 10.4 Å². The Bertz CT molecular complexity index is 1620. The predicted molar refractivity (Wildman–Crippen MR) is 138 cm³/mol. The highest BCUT2D eigenvalue weighted by atomic mass is 32.2. The molecule has 0 aliphatic heterocycles. The van der Waals surface area contributed by atoms with Crippen molar-refractivity contribution in [3.63, 3.8) is 0 Å². The van der Waals surface area contributed by atoms with E-state index in [1.165, 1.54) is 11.3 Å². The van der Waals surface area contributed by atoms with Gasteiger partial charge in [0, 0.05) is 11.1 Å². The summed E-state index contributed by atoms with van der Waals surface area (Å²) >= 11 is 2.37. The van der Waals surface area contributed by atoms with Crippen molar-refractivity contribution in [1.29, 1.82) is 0 Å². The van der Waals surface area contributed by atoms with Gasteiger partial charge in [-0.25, -0.2) is 4.79 Å². The molecular weight excluding hydrogens is 500 g/mol.